The van der Waals surface area contributed by atoms with E-state index in [0.29, 0.717) is 19.8 Å². The number of ether oxygens (including phenoxy) is 3. The second kappa shape index (κ2) is 8.25. The third-order valence-electron chi connectivity index (χ3n) is 2.91. The SMILES string of the molecule is CNC(COCCOC(C)(C)C)c1ccccc1OC. The molecule has 0 amide bonds. The van der Waals surface area contributed by atoms with Crippen molar-refractivity contribution >= 4 is 0 Å². The maximum absolute atomic E-state index is 5.69. The molecule has 0 saturated heterocycles. The van der Waals surface area contributed by atoms with E-state index >= 15 is 0 Å². The van der Waals surface area contributed by atoms with Crippen LogP contribution in [-0.4, -0.2) is 39.6 Å². The Labute approximate surface area is 122 Å². The summed E-state index contributed by atoms with van der Waals surface area (Å²) in [5.74, 6) is 0.876. The number of hydrogen-bond acceptors (Lipinski definition) is 4. The van der Waals surface area contributed by atoms with Gasteiger partial charge in [-0.2, -0.15) is 0 Å². The lowest BCUT2D eigenvalue weighted by molar-refractivity contribution is -0.0372. The van der Waals surface area contributed by atoms with Crippen molar-refractivity contribution in [1.82, 2.24) is 5.32 Å². The van der Waals surface area contributed by atoms with Crippen LogP contribution in [-0.2, 0) is 9.47 Å². The zero-order valence-electron chi connectivity index (χ0n) is 13.2. The molecule has 1 unspecified atom stereocenters. The molecule has 114 valence electrons. The minimum absolute atomic E-state index is 0.112. The highest BCUT2D eigenvalue weighted by Crippen LogP contribution is 2.24. The minimum atomic E-state index is -0.117. The highest BCUT2D eigenvalue weighted by Gasteiger charge is 2.14. The molecule has 0 saturated carbocycles. The van der Waals surface area contributed by atoms with Gasteiger partial charge in [0.05, 0.1) is 38.6 Å². The molecule has 4 nitrogen and oxygen atoms in total. The van der Waals surface area contributed by atoms with Gasteiger partial charge >= 0.3 is 0 Å². The monoisotopic (exact) mass is 281 g/mol. The molecule has 0 aliphatic carbocycles. The highest BCUT2D eigenvalue weighted by molar-refractivity contribution is 5.35. The first-order valence-electron chi connectivity index (χ1n) is 7.00. The van der Waals surface area contributed by atoms with Crippen molar-refractivity contribution in [3.05, 3.63) is 29.8 Å². The van der Waals surface area contributed by atoms with Gasteiger partial charge in [-0.3, -0.25) is 0 Å². The summed E-state index contributed by atoms with van der Waals surface area (Å²) in [6, 6.07) is 8.09. The molecule has 0 bridgehead atoms. The number of rotatable bonds is 8. The fourth-order valence-electron chi connectivity index (χ4n) is 1.89. The average molecular weight is 281 g/mol. The first kappa shape index (κ1) is 17.0. The molecule has 1 atom stereocenters. The molecule has 0 radical (unpaired) electrons. The van der Waals surface area contributed by atoms with E-state index in [1.54, 1.807) is 7.11 Å². The first-order chi connectivity index (χ1) is 9.48. The summed E-state index contributed by atoms with van der Waals surface area (Å²) < 4.78 is 16.7. The molecule has 1 aromatic carbocycles. The third kappa shape index (κ3) is 5.90. The number of hydrogen-bond donors (Lipinski definition) is 1. The van der Waals surface area contributed by atoms with Crippen molar-refractivity contribution in [2.75, 3.05) is 34.0 Å². The van der Waals surface area contributed by atoms with Gasteiger partial charge in [-0.1, -0.05) is 18.2 Å². The van der Waals surface area contributed by atoms with E-state index in [0.717, 1.165) is 11.3 Å². The average Bonchev–Trinajstić information content (AvgIpc) is 2.42. The van der Waals surface area contributed by atoms with E-state index in [4.69, 9.17) is 14.2 Å². The van der Waals surface area contributed by atoms with Crippen LogP contribution in [0.4, 0.5) is 0 Å². The molecule has 0 aromatic heterocycles. The van der Waals surface area contributed by atoms with Crippen LogP contribution in [0.1, 0.15) is 32.4 Å². The van der Waals surface area contributed by atoms with E-state index in [9.17, 15) is 0 Å². The van der Waals surface area contributed by atoms with Gasteiger partial charge in [0.2, 0.25) is 0 Å². The molecule has 20 heavy (non-hydrogen) atoms. The zero-order valence-corrected chi connectivity index (χ0v) is 13.2. The molecule has 1 rings (SSSR count). The van der Waals surface area contributed by atoms with Crippen LogP contribution in [0.25, 0.3) is 0 Å². The lowest BCUT2D eigenvalue weighted by Gasteiger charge is -2.21. The summed E-state index contributed by atoms with van der Waals surface area (Å²) >= 11 is 0. The molecular formula is C16H27NO3. The van der Waals surface area contributed by atoms with Gasteiger partial charge in [-0.25, -0.2) is 0 Å². The summed E-state index contributed by atoms with van der Waals surface area (Å²) in [6.07, 6.45) is 0. The van der Waals surface area contributed by atoms with E-state index in [-0.39, 0.29) is 11.6 Å². The minimum Gasteiger partial charge on any atom is -0.496 e. The van der Waals surface area contributed by atoms with Crippen LogP contribution in [0.15, 0.2) is 24.3 Å². The van der Waals surface area contributed by atoms with Gasteiger partial charge in [0.1, 0.15) is 5.75 Å². The third-order valence-corrected chi connectivity index (χ3v) is 2.91. The van der Waals surface area contributed by atoms with Crippen LogP contribution in [0, 0.1) is 0 Å². The Bertz CT molecular complexity index is 388. The zero-order chi connectivity index (χ0) is 15.0. The number of para-hydroxylation sites is 1. The van der Waals surface area contributed by atoms with Crippen LogP contribution >= 0.6 is 0 Å². The van der Waals surface area contributed by atoms with E-state index in [2.05, 4.69) is 11.4 Å². The highest BCUT2D eigenvalue weighted by atomic mass is 16.5. The largest absolute Gasteiger partial charge is 0.496 e. The Kier molecular flexibility index (Phi) is 6.99. The van der Waals surface area contributed by atoms with Gasteiger partial charge in [-0.15, -0.1) is 0 Å². The standard InChI is InChI=1S/C16H27NO3/c1-16(2,3)20-11-10-19-12-14(17-4)13-8-6-7-9-15(13)18-5/h6-9,14,17H,10-12H2,1-5H3. The molecule has 0 fully saturated rings. The Morgan fingerprint density at radius 1 is 1.15 bits per heavy atom. The quantitative estimate of drug-likeness (QED) is 0.744. The van der Waals surface area contributed by atoms with Gasteiger partial charge < -0.3 is 19.5 Å². The number of nitrogens with one attached hydrogen (secondary N) is 1. The Morgan fingerprint density at radius 2 is 1.85 bits per heavy atom. The lowest BCUT2D eigenvalue weighted by atomic mass is 10.1. The smallest absolute Gasteiger partial charge is 0.123 e. The first-order valence-corrected chi connectivity index (χ1v) is 7.00. The summed E-state index contributed by atoms with van der Waals surface area (Å²) in [6.45, 7) is 7.90. The summed E-state index contributed by atoms with van der Waals surface area (Å²) in [5, 5.41) is 3.25. The van der Waals surface area contributed by atoms with E-state index < -0.39 is 0 Å². The Balaban J connectivity index is 2.44. The van der Waals surface area contributed by atoms with Crippen molar-refractivity contribution in [1.29, 1.82) is 0 Å². The molecule has 0 spiro atoms. The van der Waals surface area contributed by atoms with Crippen LogP contribution in [0.3, 0.4) is 0 Å². The second-order valence-corrected chi connectivity index (χ2v) is 5.62. The maximum Gasteiger partial charge on any atom is 0.123 e. The molecular weight excluding hydrogens is 254 g/mol. The molecule has 0 aliphatic heterocycles. The van der Waals surface area contributed by atoms with E-state index in [1.165, 1.54) is 0 Å². The Morgan fingerprint density at radius 3 is 2.45 bits per heavy atom. The van der Waals surface area contributed by atoms with Gasteiger partial charge in [0.25, 0.3) is 0 Å². The number of methoxy groups -OCH3 is 1. The van der Waals surface area contributed by atoms with Gasteiger partial charge in [0.15, 0.2) is 0 Å². The predicted octanol–water partition coefficient (Wildman–Crippen LogP) is 2.79. The van der Waals surface area contributed by atoms with Crippen molar-refractivity contribution < 1.29 is 14.2 Å². The van der Waals surface area contributed by atoms with Crippen LogP contribution in [0.2, 0.25) is 0 Å². The summed E-state index contributed by atoms with van der Waals surface area (Å²) in [4.78, 5) is 0. The number of likely N-dealkylation sites (N-methyl/N-ethyl adjacent to an activating group) is 1. The Hall–Kier alpha value is -1.10. The van der Waals surface area contributed by atoms with Crippen molar-refractivity contribution in [2.24, 2.45) is 0 Å². The fourth-order valence-corrected chi connectivity index (χ4v) is 1.89. The number of benzene rings is 1. The molecule has 1 N–H and O–H groups in total. The summed E-state index contributed by atoms with van der Waals surface area (Å²) in [7, 11) is 3.61. The van der Waals surface area contributed by atoms with Crippen molar-refractivity contribution in [3.63, 3.8) is 0 Å². The van der Waals surface area contributed by atoms with E-state index in [1.807, 2.05) is 46.0 Å². The topological polar surface area (TPSA) is 39.7 Å². The maximum atomic E-state index is 5.69. The molecule has 0 aliphatic rings. The normalized spacial score (nSPS) is 13.2. The van der Waals surface area contributed by atoms with Crippen LogP contribution < -0.4 is 10.1 Å². The molecule has 1 aromatic rings. The van der Waals surface area contributed by atoms with Crippen molar-refractivity contribution in [2.45, 2.75) is 32.4 Å². The van der Waals surface area contributed by atoms with Gasteiger partial charge in [-0.05, 0) is 33.9 Å². The second-order valence-electron chi connectivity index (χ2n) is 5.62. The molecule has 4 heteroatoms. The molecule has 0 heterocycles. The van der Waals surface area contributed by atoms with Gasteiger partial charge in [0, 0.05) is 5.56 Å². The van der Waals surface area contributed by atoms with Crippen molar-refractivity contribution in [3.8, 4) is 5.75 Å². The predicted molar refractivity (Wildman–Crippen MR) is 81.3 cm³/mol. The lowest BCUT2D eigenvalue weighted by Crippen LogP contribution is -2.25. The summed E-state index contributed by atoms with van der Waals surface area (Å²) in [5.41, 5.74) is 0.989. The fraction of sp³-hybridized carbons (Fsp3) is 0.625. The van der Waals surface area contributed by atoms with Crippen LogP contribution in [0.5, 0.6) is 5.75 Å².